The standard InChI is InChI=1S/C16H20N6O2/c1-19-6-8-20(9-7-19)12-2-3-13-14(10-17-22(13)11-12)21-5-4-15(23)18-16(21)24/h2-3,10-11H,4-9H2,1H3,(H,18,23,24). The first-order valence-electron chi connectivity index (χ1n) is 8.14. The number of urea groups is 1. The highest BCUT2D eigenvalue weighted by molar-refractivity contribution is 6.07. The molecule has 2 aromatic rings. The fraction of sp³-hybridized carbons (Fsp3) is 0.438. The van der Waals surface area contributed by atoms with E-state index < -0.39 is 0 Å². The molecule has 126 valence electrons. The van der Waals surface area contributed by atoms with Crippen molar-refractivity contribution in [2.75, 3.05) is 49.6 Å². The molecule has 24 heavy (non-hydrogen) atoms. The first kappa shape index (κ1) is 14.9. The topological polar surface area (TPSA) is 73.2 Å². The highest BCUT2D eigenvalue weighted by atomic mass is 16.2. The summed E-state index contributed by atoms with van der Waals surface area (Å²) >= 11 is 0. The van der Waals surface area contributed by atoms with Crippen LogP contribution in [0.3, 0.4) is 0 Å². The van der Waals surface area contributed by atoms with Crippen LogP contribution in [0, 0.1) is 0 Å². The summed E-state index contributed by atoms with van der Waals surface area (Å²) in [6.07, 6.45) is 3.98. The van der Waals surface area contributed by atoms with Gasteiger partial charge in [0.05, 0.1) is 29.3 Å². The lowest BCUT2D eigenvalue weighted by Gasteiger charge is -2.34. The fourth-order valence-electron chi connectivity index (χ4n) is 3.21. The van der Waals surface area contributed by atoms with Crippen LogP contribution >= 0.6 is 0 Å². The van der Waals surface area contributed by atoms with E-state index in [1.165, 1.54) is 0 Å². The molecule has 3 amide bonds. The molecule has 0 atom stereocenters. The van der Waals surface area contributed by atoms with E-state index in [4.69, 9.17) is 0 Å². The summed E-state index contributed by atoms with van der Waals surface area (Å²) in [6.45, 7) is 4.46. The fourth-order valence-corrected chi connectivity index (χ4v) is 3.21. The third-order valence-corrected chi connectivity index (χ3v) is 4.69. The summed E-state index contributed by atoms with van der Waals surface area (Å²) in [4.78, 5) is 29.6. The van der Waals surface area contributed by atoms with Gasteiger partial charge in [-0.05, 0) is 19.2 Å². The minimum absolute atomic E-state index is 0.231. The van der Waals surface area contributed by atoms with Gasteiger partial charge in [0, 0.05) is 39.1 Å². The Morgan fingerprint density at radius 1 is 1.08 bits per heavy atom. The SMILES string of the molecule is CN1CCN(c2ccc3c(N4CCC(=O)NC4=O)cnn3c2)CC1. The molecule has 0 radical (unpaired) electrons. The Labute approximate surface area is 139 Å². The van der Waals surface area contributed by atoms with Crippen molar-refractivity contribution in [1.82, 2.24) is 19.8 Å². The summed E-state index contributed by atoms with van der Waals surface area (Å²) in [5.41, 5.74) is 2.71. The Morgan fingerprint density at radius 3 is 2.62 bits per heavy atom. The molecule has 0 unspecified atom stereocenters. The normalized spacial score (nSPS) is 19.9. The number of carbonyl (C=O) groups excluding carboxylic acids is 2. The van der Waals surface area contributed by atoms with E-state index in [1.54, 1.807) is 15.6 Å². The van der Waals surface area contributed by atoms with Crippen LogP contribution in [-0.2, 0) is 4.79 Å². The van der Waals surface area contributed by atoms with Crippen molar-refractivity contribution >= 4 is 28.8 Å². The number of amides is 3. The quantitative estimate of drug-likeness (QED) is 0.871. The van der Waals surface area contributed by atoms with Crippen LogP contribution in [0.4, 0.5) is 16.2 Å². The minimum Gasteiger partial charge on any atom is -0.368 e. The zero-order valence-electron chi connectivity index (χ0n) is 13.6. The highest BCUT2D eigenvalue weighted by Crippen LogP contribution is 2.26. The van der Waals surface area contributed by atoms with E-state index >= 15 is 0 Å². The largest absolute Gasteiger partial charge is 0.368 e. The molecular weight excluding hydrogens is 308 g/mol. The molecule has 4 rings (SSSR count). The van der Waals surface area contributed by atoms with Crippen molar-refractivity contribution < 1.29 is 9.59 Å². The van der Waals surface area contributed by atoms with Crippen LogP contribution in [-0.4, -0.2) is 66.2 Å². The van der Waals surface area contributed by atoms with Gasteiger partial charge in [-0.25, -0.2) is 9.31 Å². The van der Waals surface area contributed by atoms with Gasteiger partial charge < -0.3 is 9.80 Å². The van der Waals surface area contributed by atoms with E-state index in [-0.39, 0.29) is 11.9 Å². The van der Waals surface area contributed by atoms with Crippen molar-refractivity contribution in [3.05, 3.63) is 24.5 Å². The number of hydrogen-bond donors (Lipinski definition) is 1. The van der Waals surface area contributed by atoms with E-state index in [9.17, 15) is 9.59 Å². The molecule has 0 aromatic carbocycles. The average Bonchev–Trinajstić information content (AvgIpc) is 2.98. The summed E-state index contributed by atoms with van der Waals surface area (Å²) in [6, 6.07) is 3.67. The van der Waals surface area contributed by atoms with Gasteiger partial charge in [0.1, 0.15) is 0 Å². The van der Waals surface area contributed by atoms with Crippen LogP contribution in [0.15, 0.2) is 24.5 Å². The lowest BCUT2D eigenvalue weighted by Crippen LogP contribution is -2.49. The third-order valence-electron chi connectivity index (χ3n) is 4.69. The molecule has 1 N–H and O–H groups in total. The van der Waals surface area contributed by atoms with E-state index in [1.807, 2.05) is 12.3 Å². The van der Waals surface area contributed by atoms with E-state index in [2.05, 4.69) is 33.3 Å². The highest BCUT2D eigenvalue weighted by Gasteiger charge is 2.26. The molecule has 2 aliphatic heterocycles. The summed E-state index contributed by atoms with van der Waals surface area (Å²) < 4.78 is 1.80. The second kappa shape index (κ2) is 5.79. The Kier molecular flexibility index (Phi) is 3.61. The molecule has 0 aliphatic carbocycles. The number of rotatable bonds is 2. The molecule has 2 aliphatic rings. The van der Waals surface area contributed by atoms with Gasteiger partial charge in [-0.3, -0.25) is 15.0 Å². The van der Waals surface area contributed by atoms with Crippen molar-refractivity contribution in [2.24, 2.45) is 0 Å². The lowest BCUT2D eigenvalue weighted by molar-refractivity contribution is -0.120. The molecular formula is C16H20N6O2. The van der Waals surface area contributed by atoms with Crippen LogP contribution in [0.25, 0.3) is 5.52 Å². The molecule has 0 spiro atoms. The van der Waals surface area contributed by atoms with Crippen LogP contribution in [0.2, 0.25) is 0 Å². The Hall–Kier alpha value is -2.61. The maximum atomic E-state index is 12.0. The number of anilines is 2. The first-order valence-corrected chi connectivity index (χ1v) is 8.14. The number of nitrogens with one attached hydrogen (secondary N) is 1. The first-order chi connectivity index (χ1) is 11.6. The van der Waals surface area contributed by atoms with Gasteiger partial charge in [0.25, 0.3) is 0 Å². The van der Waals surface area contributed by atoms with Gasteiger partial charge in [0.2, 0.25) is 5.91 Å². The maximum absolute atomic E-state index is 12.0. The Bertz CT molecular complexity index is 793. The van der Waals surface area contributed by atoms with Crippen LogP contribution in [0.5, 0.6) is 0 Å². The summed E-state index contributed by atoms with van der Waals surface area (Å²) in [7, 11) is 2.13. The second-order valence-corrected chi connectivity index (χ2v) is 6.29. The zero-order chi connectivity index (χ0) is 16.7. The van der Waals surface area contributed by atoms with E-state index in [0.29, 0.717) is 13.0 Å². The number of imide groups is 1. The molecule has 0 saturated carbocycles. The minimum atomic E-state index is -0.385. The van der Waals surface area contributed by atoms with Crippen LogP contribution < -0.4 is 15.1 Å². The van der Waals surface area contributed by atoms with Crippen molar-refractivity contribution in [2.45, 2.75) is 6.42 Å². The predicted octanol–water partition coefficient (Wildman–Crippen LogP) is 0.532. The van der Waals surface area contributed by atoms with Gasteiger partial charge >= 0.3 is 6.03 Å². The van der Waals surface area contributed by atoms with Gasteiger partial charge in [-0.2, -0.15) is 5.10 Å². The van der Waals surface area contributed by atoms with Crippen molar-refractivity contribution in [1.29, 1.82) is 0 Å². The number of carbonyl (C=O) groups is 2. The number of pyridine rings is 1. The number of nitrogens with zero attached hydrogens (tertiary/aromatic N) is 5. The molecule has 4 heterocycles. The lowest BCUT2D eigenvalue weighted by atomic mass is 10.2. The predicted molar refractivity (Wildman–Crippen MR) is 90.4 cm³/mol. The van der Waals surface area contributed by atoms with Crippen molar-refractivity contribution in [3.8, 4) is 0 Å². The number of piperazine rings is 1. The molecule has 8 heteroatoms. The van der Waals surface area contributed by atoms with Gasteiger partial charge in [0.15, 0.2) is 0 Å². The molecule has 8 nitrogen and oxygen atoms in total. The smallest absolute Gasteiger partial charge is 0.328 e. The van der Waals surface area contributed by atoms with Gasteiger partial charge in [-0.15, -0.1) is 0 Å². The number of aromatic nitrogens is 2. The average molecular weight is 328 g/mol. The van der Waals surface area contributed by atoms with E-state index in [0.717, 1.165) is 43.1 Å². The maximum Gasteiger partial charge on any atom is 0.328 e. The Morgan fingerprint density at radius 2 is 1.88 bits per heavy atom. The van der Waals surface area contributed by atoms with Gasteiger partial charge in [-0.1, -0.05) is 0 Å². The number of likely N-dealkylation sites (N-methyl/N-ethyl adjacent to an activating group) is 1. The monoisotopic (exact) mass is 328 g/mol. The van der Waals surface area contributed by atoms with Crippen LogP contribution in [0.1, 0.15) is 6.42 Å². The summed E-state index contributed by atoms with van der Waals surface area (Å²) in [5, 5.41) is 6.74. The number of hydrogen-bond acceptors (Lipinski definition) is 5. The molecule has 2 saturated heterocycles. The second-order valence-electron chi connectivity index (χ2n) is 6.29. The molecule has 2 aromatic heterocycles. The number of fused-ring (bicyclic) bond motifs is 1. The molecule has 2 fully saturated rings. The van der Waals surface area contributed by atoms with Crippen molar-refractivity contribution in [3.63, 3.8) is 0 Å². The summed E-state index contributed by atoms with van der Waals surface area (Å²) in [5.74, 6) is -0.231. The zero-order valence-corrected chi connectivity index (χ0v) is 13.6. The third kappa shape index (κ3) is 2.58. The Balaban J connectivity index is 1.61. The molecule has 0 bridgehead atoms.